The minimum absolute atomic E-state index is 0.133. The molecule has 1 heterocycles. The first-order valence-electron chi connectivity index (χ1n) is 8.05. The molecule has 0 bridgehead atoms. The van der Waals surface area contributed by atoms with Crippen molar-refractivity contribution in [2.45, 2.75) is 23.8 Å². The average molecular weight is 354 g/mol. The van der Waals surface area contributed by atoms with Gasteiger partial charge in [-0.25, -0.2) is 12.7 Å². The Balaban J connectivity index is 1.99. The number of nitrogens with one attached hydrogen (secondary N) is 2. The highest BCUT2D eigenvalue weighted by Crippen LogP contribution is 2.18. The second-order valence-electron chi connectivity index (χ2n) is 6.23. The molecule has 0 aromatic heterocycles. The van der Waals surface area contributed by atoms with Crippen LogP contribution in [0.4, 0.5) is 5.69 Å². The van der Waals surface area contributed by atoms with Crippen molar-refractivity contribution in [2.75, 3.05) is 46.1 Å². The molecule has 1 saturated heterocycles. The van der Waals surface area contributed by atoms with Crippen molar-refractivity contribution in [2.24, 2.45) is 0 Å². The van der Waals surface area contributed by atoms with Gasteiger partial charge in [0.05, 0.1) is 11.4 Å². The van der Waals surface area contributed by atoms with E-state index in [0.717, 1.165) is 30.2 Å². The van der Waals surface area contributed by atoms with Crippen molar-refractivity contribution in [3.8, 4) is 0 Å². The summed E-state index contributed by atoms with van der Waals surface area (Å²) in [5.74, 6) is -0.133. The largest absolute Gasteiger partial charge is 0.325 e. The fraction of sp³-hybridized carbons (Fsp3) is 0.562. The van der Waals surface area contributed by atoms with Gasteiger partial charge in [0, 0.05) is 32.4 Å². The van der Waals surface area contributed by atoms with Gasteiger partial charge in [-0.3, -0.25) is 9.69 Å². The maximum absolute atomic E-state index is 12.2. The molecule has 1 aliphatic heterocycles. The molecule has 24 heavy (non-hydrogen) atoms. The van der Waals surface area contributed by atoms with E-state index < -0.39 is 10.0 Å². The van der Waals surface area contributed by atoms with Crippen LogP contribution in [0.3, 0.4) is 0 Å². The number of piperidine rings is 1. The minimum atomic E-state index is -3.51. The molecule has 1 aromatic rings. The van der Waals surface area contributed by atoms with Gasteiger partial charge in [0.1, 0.15) is 0 Å². The Morgan fingerprint density at radius 1 is 1.38 bits per heavy atom. The van der Waals surface area contributed by atoms with Gasteiger partial charge in [-0.15, -0.1) is 0 Å². The third-order valence-electron chi connectivity index (χ3n) is 4.18. The normalized spacial score (nSPS) is 19.4. The van der Waals surface area contributed by atoms with Crippen molar-refractivity contribution < 1.29 is 13.2 Å². The summed E-state index contributed by atoms with van der Waals surface area (Å²) in [6, 6.07) is 6.75. The Morgan fingerprint density at radius 2 is 2.12 bits per heavy atom. The standard InChI is InChI=1S/C16H26N4O3S/c1-17-14-7-5-9-20(11-14)12-16(21)18-13-6-4-8-15(10-13)24(22,23)19(2)3/h4,6,8,10,14,17H,5,7,9,11-12H2,1-3H3,(H,18,21). The number of carbonyl (C=O) groups is 1. The van der Waals surface area contributed by atoms with E-state index >= 15 is 0 Å². The number of sulfonamides is 1. The van der Waals surface area contributed by atoms with E-state index in [0.29, 0.717) is 18.3 Å². The molecule has 2 N–H and O–H groups in total. The highest BCUT2D eigenvalue weighted by molar-refractivity contribution is 7.89. The topological polar surface area (TPSA) is 81.8 Å². The van der Waals surface area contributed by atoms with E-state index in [1.165, 1.54) is 26.2 Å². The number of hydrogen-bond donors (Lipinski definition) is 2. The van der Waals surface area contributed by atoms with Crippen LogP contribution < -0.4 is 10.6 Å². The SMILES string of the molecule is CNC1CCCN(CC(=O)Nc2cccc(S(=O)(=O)N(C)C)c2)C1. The number of rotatable bonds is 6. The van der Waals surface area contributed by atoms with Crippen molar-refractivity contribution in [1.82, 2.24) is 14.5 Å². The Hall–Kier alpha value is -1.48. The first kappa shape index (κ1) is 18.9. The molecule has 1 atom stereocenters. The Kier molecular flexibility index (Phi) is 6.34. The molecule has 134 valence electrons. The van der Waals surface area contributed by atoms with Gasteiger partial charge in [0.15, 0.2) is 0 Å². The highest BCUT2D eigenvalue weighted by atomic mass is 32.2. The monoisotopic (exact) mass is 354 g/mol. The van der Waals surface area contributed by atoms with Crippen LogP contribution in [0.1, 0.15) is 12.8 Å². The molecule has 0 spiro atoms. The molecule has 1 unspecified atom stereocenters. The van der Waals surface area contributed by atoms with E-state index in [4.69, 9.17) is 0 Å². The fourth-order valence-corrected chi connectivity index (χ4v) is 3.73. The first-order valence-corrected chi connectivity index (χ1v) is 9.49. The van der Waals surface area contributed by atoms with Crippen LogP contribution in [-0.4, -0.2) is 70.3 Å². The van der Waals surface area contributed by atoms with Gasteiger partial charge in [0.2, 0.25) is 15.9 Å². The minimum Gasteiger partial charge on any atom is -0.325 e. The van der Waals surface area contributed by atoms with E-state index in [2.05, 4.69) is 15.5 Å². The number of anilines is 1. The molecule has 1 fully saturated rings. The lowest BCUT2D eigenvalue weighted by Gasteiger charge is -2.31. The van der Waals surface area contributed by atoms with Gasteiger partial charge < -0.3 is 10.6 Å². The number of amides is 1. The summed E-state index contributed by atoms with van der Waals surface area (Å²) in [6.45, 7) is 2.06. The zero-order valence-corrected chi connectivity index (χ0v) is 15.3. The van der Waals surface area contributed by atoms with E-state index in [9.17, 15) is 13.2 Å². The quantitative estimate of drug-likeness (QED) is 0.780. The predicted octanol–water partition coefficient (Wildman–Crippen LogP) is 0.559. The Morgan fingerprint density at radius 3 is 2.79 bits per heavy atom. The summed E-state index contributed by atoms with van der Waals surface area (Å²) in [5.41, 5.74) is 0.491. The third-order valence-corrected chi connectivity index (χ3v) is 5.99. The number of carbonyl (C=O) groups excluding carboxylic acids is 1. The molecule has 8 heteroatoms. The number of likely N-dealkylation sites (tertiary alicyclic amines) is 1. The number of benzene rings is 1. The van der Waals surface area contributed by atoms with Crippen LogP contribution >= 0.6 is 0 Å². The molecule has 7 nitrogen and oxygen atoms in total. The Labute approximate surface area is 144 Å². The molecule has 0 radical (unpaired) electrons. The van der Waals surface area contributed by atoms with Crippen molar-refractivity contribution in [3.63, 3.8) is 0 Å². The summed E-state index contributed by atoms with van der Waals surface area (Å²) in [6.07, 6.45) is 2.19. The second kappa shape index (κ2) is 8.06. The lowest BCUT2D eigenvalue weighted by atomic mass is 10.1. The summed E-state index contributed by atoms with van der Waals surface area (Å²) in [4.78, 5) is 14.5. The lowest BCUT2D eigenvalue weighted by molar-refractivity contribution is -0.117. The number of likely N-dealkylation sites (N-methyl/N-ethyl adjacent to an activating group) is 1. The van der Waals surface area contributed by atoms with Gasteiger partial charge in [0.25, 0.3) is 0 Å². The van der Waals surface area contributed by atoms with E-state index in [1.54, 1.807) is 12.1 Å². The van der Waals surface area contributed by atoms with Crippen LogP contribution in [0.5, 0.6) is 0 Å². The molecular formula is C16H26N4O3S. The zero-order valence-electron chi connectivity index (χ0n) is 14.4. The van der Waals surface area contributed by atoms with Crippen molar-refractivity contribution in [3.05, 3.63) is 24.3 Å². The van der Waals surface area contributed by atoms with Crippen LogP contribution in [-0.2, 0) is 14.8 Å². The molecule has 1 aliphatic rings. The molecule has 2 rings (SSSR count). The van der Waals surface area contributed by atoms with Crippen LogP contribution in [0, 0.1) is 0 Å². The predicted molar refractivity (Wildman–Crippen MR) is 94.5 cm³/mol. The van der Waals surface area contributed by atoms with Crippen LogP contribution in [0.15, 0.2) is 29.2 Å². The van der Waals surface area contributed by atoms with Gasteiger partial charge >= 0.3 is 0 Å². The van der Waals surface area contributed by atoms with E-state index in [1.807, 2.05) is 7.05 Å². The van der Waals surface area contributed by atoms with Gasteiger partial charge in [-0.1, -0.05) is 6.07 Å². The second-order valence-corrected chi connectivity index (χ2v) is 8.38. The maximum atomic E-state index is 12.2. The average Bonchev–Trinajstić information content (AvgIpc) is 2.55. The molecular weight excluding hydrogens is 328 g/mol. The van der Waals surface area contributed by atoms with Gasteiger partial charge in [-0.05, 0) is 44.6 Å². The lowest BCUT2D eigenvalue weighted by Crippen LogP contribution is -2.46. The molecule has 1 amide bonds. The summed E-state index contributed by atoms with van der Waals surface area (Å²) < 4.78 is 25.5. The number of hydrogen-bond acceptors (Lipinski definition) is 5. The van der Waals surface area contributed by atoms with E-state index in [-0.39, 0.29) is 10.8 Å². The molecule has 0 saturated carbocycles. The van der Waals surface area contributed by atoms with Crippen molar-refractivity contribution in [1.29, 1.82) is 0 Å². The fourth-order valence-electron chi connectivity index (χ4n) is 2.78. The van der Waals surface area contributed by atoms with Gasteiger partial charge in [-0.2, -0.15) is 0 Å². The zero-order chi connectivity index (χ0) is 17.7. The Bertz CT molecular complexity index is 676. The molecule has 0 aliphatic carbocycles. The maximum Gasteiger partial charge on any atom is 0.242 e. The third kappa shape index (κ3) is 4.76. The summed E-state index contributed by atoms with van der Waals surface area (Å²) >= 11 is 0. The summed E-state index contributed by atoms with van der Waals surface area (Å²) in [5, 5.41) is 6.04. The highest BCUT2D eigenvalue weighted by Gasteiger charge is 2.21. The smallest absolute Gasteiger partial charge is 0.242 e. The van der Waals surface area contributed by atoms with Crippen LogP contribution in [0.2, 0.25) is 0 Å². The first-order chi connectivity index (χ1) is 11.3. The van der Waals surface area contributed by atoms with Crippen LogP contribution in [0.25, 0.3) is 0 Å². The summed E-state index contributed by atoms with van der Waals surface area (Å²) in [7, 11) is 1.39. The number of nitrogens with zero attached hydrogens (tertiary/aromatic N) is 2. The van der Waals surface area contributed by atoms with Crippen molar-refractivity contribution >= 4 is 21.6 Å². The molecule has 1 aromatic carbocycles.